The third-order valence-corrected chi connectivity index (χ3v) is 4.58. The van der Waals surface area contributed by atoms with Crippen LogP contribution in [0.15, 0.2) is 54.6 Å². The van der Waals surface area contributed by atoms with Gasteiger partial charge in [0.2, 0.25) is 0 Å². The molecule has 1 aliphatic rings. The van der Waals surface area contributed by atoms with Gasteiger partial charge >= 0.3 is 0 Å². The Morgan fingerprint density at radius 1 is 0.722 bits per heavy atom. The first-order chi connectivity index (χ1) is 8.77. The highest BCUT2D eigenvalue weighted by atomic mass is 14.4. The lowest BCUT2D eigenvalue weighted by molar-refractivity contribution is 0.421. The summed E-state index contributed by atoms with van der Waals surface area (Å²) in [6, 6.07) is 19.9. The summed E-state index contributed by atoms with van der Waals surface area (Å²) in [5.74, 6) is 2.10. The van der Waals surface area contributed by atoms with Crippen molar-refractivity contribution in [2.45, 2.75) is 32.1 Å². The van der Waals surface area contributed by atoms with Crippen molar-refractivity contribution in [2.24, 2.45) is 5.92 Å². The second kappa shape index (κ2) is 4.61. The molecule has 0 heterocycles. The minimum Gasteiger partial charge on any atom is -0.0622 e. The lowest BCUT2D eigenvalue weighted by atomic mass is 9.84. The molecule has 0 N–H and O–H groups in total. The van der Waals surface area contributed by atoms with Crippen LogP contribution in [-0.2, 0) is 6.42 Å². The first kappa shape index (κ1) is 11.5. The Hall–Kier alpha value is -1.56. The number of rotatable bonds is 2. The standard InChI is InChI=1S/C18H20/c1-13-16-10-6-7-11-17(16)14(2)18(13)12-15-8-4-3-5-9-15/h3-11,13-14,18H,12H2,1-2H3. The van der Waals surface area contributed by atoms with Crippen LogP contribution >= 0.6 is 0 Å². The van der Waals surface area contributed by atoms with E-state index in [1.54, 1.807) is 11.1 Å². The molecule has 1 aliphatic carbocycles. The minimum absolute atomic E-state index is 0.677. The van der Waals surface area contributed by atoms with Gasteiger partial charge in [-0.3, -0.25) is 0 Å². The largest absolute Gasteiger partial charge is 0.0622 e. The molecular weight excluding hydrogens is 216 g/mol. The van der Waals surface area contributed by atoms with Crippen molar-refractivity contribution < 1.29 is 0 Å². The van der Waals surface area contributed by atoms with E-state index >= 15 is 0 Å². The lowest BCUT2D eigenvalue weighted by Crippen LogP contribution is -2.11. The molecule has 3 rings (SSSR count). The van der Waals surface area contributed by atoms with Crippen molar-refractivity contribution in [3.05, 3.63) is 71.3 Å². The quantitative estimate of drug-likeness (QED) is 0.705. The second-order valence-corrected chi connectivity index (χ2v) is 5.56. The first-order valence-corrected chi connectivity index (χ1v) is 6.90. The normalized spacial score (nSPS) is 26.0. The molecule has 0 spiro atoms. The third-order valence-electron chi connectivity index (χ3n) is 4.58. The van der Waals surface area contributed by atoms with Crippen molar-refractivity contribution in [2.75, 3.05) is 0 Å². The van der Waals surface area contributed by atoms with Gasteiger partial charge in [0, 0.05) is 0 Å². The zero-order valence-corrected chi connectivity index (χ0v) is 11.1. The minimum atomic E-state index is 0.677. The molecule has 0 nitrogen and oxygen atoms in total. The summed E-state index contributed by atoms with van der Waals surface area (Å²) < 4.78 is 0. The Balaban J connectivity index is 1.88. The maximum atomic E-state index is 2.38. The molecule has 2 aromatic carbocycles. The predicted octanol–water partition coefficient (Wildman–Crippen LogP) is 4.77. The van der Waals surface area contributed by atoms with E-state index in [0.29, 0.717) is 11.8 Å². The van der Waals surface area contributed by atoms with Gasteiger partial charge in [0.05, 0.1) is 0 Å². The van der Waals surface area contributed by atoms with Crippen molar-refractivity contribution in [1.82, 2.24) is 0 Å². The topological polar surface area (TPSA) is 0 Å². The van der Waals surface area contributed by atoms with E-state index in [9.17, 15) is 0 Å². The van der Waals surface area contributed by atoms with Crippen molar-refractivity contribution in [3.63, 3.8) is 0 Å². The van der Waals surface area contributed by atoms with Crippen LogP contribution in [0.2, 0.25) is 0 Å². The molecule has 0 aliphatic heterocycles. The molecule has 0 bridgehead atoms. The molecule has 0 saturated carbocycles. The summed E-state index contributed by atoms with van der Waals surface area (Å²) in [6.45, 7) is 4.77. The Labute approximate surface area is 110 Å². The fraction of sp³-hybridized carbons (Fsp3) is 0.333. The molecule has 0 fully saturated rings. The van der Waals surface area contributed by atoms with Gasteiger partial charge in [-0.1, -0.05) is 68.4 Å². The highest BCUT2D eigenvalue weighted by Gasteiger charge is 2.34. The van der Waals surface area contributed by atoms with Crippen LogP contribution in [0.1, 0.15) is 42.4 Å². The van der Waals surface area contributed by atoms with Crippen LogP contribution in [0.25, 0.3) is 0 Å². The maximum absolute atomic E-state index is 2.38. The van der Waals surface area contributed by atoms with Crippen LogP contribution in [0, 0.1) is 5.92 Å². The zero-order valence-electron chi connectivity index (χ0n) is 11.1. The van der Waals surface area contributed by atoms with Gasteiger partial charge in [-0.15, -0.1) is 0 Å². The molecule has 0 amide bonds. The zero-order chi connectivity index (χ0) is 12.5. The molecule has 0 aromatic heterocycles. The van der Waals surface area contributed by atoms with Crippen LogP contribution in [0.4, 0.5) is 0 Å². The smallest absolute Gasteiger partial charge is 0.0150 e. The Morgan fingerprint density at radius 3 is 1.78 bits per heavy atom. The Bertz CT molecular complexity index is 498. The monoisotopic (exact) mass is 236 g/mol. The van der Waals surface area contributed by atoms with Crippen LogP contribution in [0.5, 0.6) is 0 Å². The van der Waals surface area contributed by atoms with Crippen LogP contribution in [0.3, 0.4) is 0 Å². The third kappa shape index (κ3) is 1.86. The van der Waals surface area contributed by atoms with Gasteiger partial charge in [-0.25, -0.2) is 0 Å². The number of hydrogen-bond donors (Lipinski definition) is 0. The van der Waals surface area contributed by atoms with E-state index < -0.39 is 0 Å². The highest BCUT2D eigenvalue weighted by molar-refractivity contribution is 5.39. The van der Waals surface area contributed by atoms with Gasteiger partial charge in [0.15, 0.2) is 0 Å². The summed E-state index contributed by atoms with van der Waals surface area (Å²) in [5, 5.41) is 0. The lowest BCUT2D eigenvalue weighted by Gasteiger charge is -2.20. The summed E-state index contributed by atoms with van der Waals surface area (Å²) >= 11 is 0. The van der Waals surface area contributed by atoms with Crippen molar-refractivity contribution in [3.8, 4) is 0 Å². The SMILES string of the molecule is CC1c2ccccc2C(C)C1Cc1ccccc1. The summed E-state index contributed by atoms with van der Waals surface area (Å²) in [4.78, 5) is 0. The predicted molar refractivity (Wildman–Crippen MR) is 76.9 cm³/mol. The summed E-state index contributed by atoms with van der Waals surface area (Å²) in [6.07, 6.45) is 1.19. The van der Waals surface area contributed by atoms with Gasteiger partial charge < -0.3 is 0 Å². The van der Waals surface area contributed by atoms with Crippen molar-refractivity contribution >= 4 is 0 Å². The number of hydrogen-bond acceptors (Lipinski definition) is 0. The Kier molecular flexibility index (Phi) is 2.95. The van der Waals surface area contributed by atoms with Crippen LogP contribution < -0.4 is 0 Å². The van der Waals surface area contributed by atoms with E-state index in [-0.39, 0.29) is 0 Å². The average Bonchev–Trinajstić information content (AvgIpc) is 2.66. The fourth-order valence-corrected chi connectivity index (χ4v) is 3.47. The molecule has 18 heavy (non-hydrogen) atoms. The second-order valence-electron chi connectivity index (χ2n) is 5.56. The molecule has 0 radical (unpaired) electrons. The van der Waals surface area contributed by atoms with E-state index in [1.165, 1.54) is 12.0 Å². The molecule has 0 heteroatoms. The van der Waals surface area contributed by atoms with Crippen LogP contribution in [-0.4, -0.2) is 0 Å². The summed E-state index contributed by atoms with van der Waals surface area (Å²) in [5.41, 5.74) is 4.59. The van der Waals surface area contributed by atoms with E-state index in [2.05, 4.69) is 68.4 Å². The molecule has 2 aromatic rings. The van der Waals surface area contributed by atoms with E-state index in [4.69, 9.17) is 0 Å². The Morgan fingerprint density at radius 2 is 1.22 bits per heavy atom. The van der Waals surface area contributed by atoms with E-state index in [1.807, 2.05) is 0 Å². The van der Waals surface area contributed by atoms with E-state index in [0.717, 1.165) is 5.92 Å². The fourth-order valence-electron chi connectivity index (χ4n) is 3.47. The molecule has 92 valence electrons. The first-order valence-electron chi connectivity index (χ1n) is 6.90. The van der Waals surface area contributed by atoms with Gasteiger partial charge in [0.25, 0.3) is 0 Å². The number of fused-ring (bicyclic) bond motifs is 1. The molecular formula is C18H20. The van der Waals surface area contributed by atoms with Crippen molar-refractivity contribution in [1.29, 1.82) is 0 Å². The molecule has 0 saturated heterocycles. The van der Waals surface area contributed by atoms with Gasteiger partial charge in [-0.05, 0) is 40.9 Å². The molecule has 2 unspecified atom stereocenters. The molecule has 2 atom stereocenters. The average molecular weight is 236 g/mol. The summed E-state index contributed by atoms with van der Waals surface area (Å²) in [7, 11) is 0. The highest BCUT2D eigenvalue weighted by Crippen LogP contribution is 2.47. The van der Waals surface area contributed by atoms with Gasteiger partial charge in [-0.2, -0.15) is 0 Å². The maximum Gasteiger partial charge on any atom is -0.0150 e. The van der Waals surface area contributed by atoms with Gasteiger partial charge in [0.1, 0.15) is 0 Å². The number of benzene rings is 2.